The van der Waals surface area contributed by atoms with E-state index in [0.717, 1.165) is 30.8 Å². The first kappa shape index (κ1) is 15.3. The first-order valence-corrected chi connectivity index (χ1v) is 8.34. The van der Waals surface area contributed by atoms with Crippen LogP contribution in [0.25, 0.3) is 11.0 Å². The van der Waals surface area contributed by atoms with Crippen LogP contribution in [0, 0.1) is 5.82 Å². The number of halogens is 3. The van der Waals surface area contributed by atoms with Crippen LogP contribution >= 0.6 is 27.5 Å². The molecular weight excluding hydrogens is 359 g/mol. The number of nitrogens with zero attached hydrogens (tertiary/aromatic N) is 2. The van der Waals surface area contributed by atoms with Gasteiger partial charge < -0.3 is 9.30 Å². The van der Waals surface area contributed by atoms with Gasteiger partial charge in [0.1, 0.15) is 11.6 Å². The van der Waals surface area contributed by atoms with Crippen molar-refractivity contribution < 1.29 is 9.13 Å². The fraction of sp³-hybridized carbons (Fsp3) is 0.533. The summed E-state index contributed by atoms with van der Waals surface area (Å²) in [5.41, 5.74) is 1.51. The monoisotopic (exact) mass is 374 g/mol. The van der Waals surface area contributed by atoms with Crippen LogP contribution in [-0.4, -0.2) is 22.3 Å². The maximum absolute atomic E-state index is 13.7. The summed E-state index contributed by atoms with van der Waals surface area (Å²) in [6.07, 6.45) is 2.26. The third kappa shape index (κ3) is 2.71. The zero-order valence-corrected chi connectivity index (χ0v) is 14.3. The van der Waals surface area contributed by atoms with Gasteiger partial charge in [0.15, 0.2) is 0 Å². The van der Waals surface area contributed by atoms with Gasteiger partial charge in [0, 0.05) is 12.7 Å². The quantitative estimate of drug-likeness (QED) is 0.708. The first-order valence-electron chi connectivity index (χ1n) is 7.11. The van der Waals surface area contributed by atoms with E-state index < -0.39 is 0 Å². The van der Waals surface area contributed by atoms with Gasteiger partial charge in [0.2, 0.25) is 0 Å². The van der Waals surface area contributed by atoms with Crippen LogP contribution in [0.4, 0.5) is 4.39 Å². The number of aromatic nitrogens is 2. The second-order valence-corrected chi connectivity index (χ2v) is 7.01. The van der Waals surface area contributed by atoms with Crippen molar-refractivity contribution in [1.29, 1.82) is 0 Å². The number of imidazole rings is 1. The van der Waals surface area contributed by atoms with Crippen molar-refractivity contribution in [3.8, 4) is 0 Å². The molecule has 1 aromatic heterocycles. The molecule has 1 saturated heterocycles. The first-order chi connectivity index (χ1) is 9.99. The number of rotatable bonds is 3. The molecule has 6 heteroatoms. The molecule has 2 aromatic rings. The largest absolute Gasteiger partial charge is 0.376 e. The molecule has 0 amide bonds. The lowest BCUT2D eigenvalue weighted by atomic mass is 10.1. The van der Waals surface area contributed by atoms with E-state index in [1.54, 1.807) is 6.07 Å². The van der Waals surface area contributed by atoms with Gasteiger partial charge >= 0.3 is 0 Å². The smallest absolute Gasteiger partial charge is 0.139 e. The molecule has 21 heavy (non-hydrogen) atoms. The normalized spacial score (nSPS) is 21.9. The Morgan fingerprint density at radius 3 is 2.86 bits per heavy atom. The highest BCUT2D eigenvalue weighted by molar-refractivity contribution is 9.10. The van der Waals surface area contributed by atoms with Gasteiger partial charge in [0.25, 0.3) is 0 Å². The standard InChI is InChI=1S/C15H17BrClFN2O/c1-8(17)15-19-12-7-11(18)10(16)6-13(12)20(15)9(2)14-4-3-5-21-14/h6-9,14H,3-5H2,1-2H3. The molecule has 3 nitrogen and oxygen atoms in total. The van der Waals surface area contributed by atoms with Crippen molar-refractivity contribution in [3.63, 3.8) is 0 Å². The fourth-order valence-electron chi connectivity index (χ4n) is 2.97. The van der Waals surface area contributed by atoms with Crippen LogP contribution in [0.5, 0.6) is 0 Å². The highest BCUT2D eigenvalue weighted by Crippen LogP contribution is 2.34. The van der Waals surface area contributed by atoms with E-state index in [1.807, 2.05) is 6.92 Å². The summed E-state index contributed by atoms with van der Waals surface area (Å²) >= 11 is 9.53. The molecule has 1 aliphatic rings. The highest BCUT2D eigenvalue weighted by Gasteiger charge is 2.28. The van der Waals surface area contributed by atoms with Crippen molar-refractivity contribution in [2.45, 2.75) is 44.2 Å². The van der Waals surface area contributed by atoms with E-state index in [-0.39, 0.29) is 23.3 Å². The van der Waals surface area contributed by atoms with Crippen molar-refractivity contribution in [2.75, 3.05) is 6.61 Å². The molecule has 0 spiro atoms. The summed E-state index contributed by atoms with van der Waals surface area (Å²) in [5, 5.41) is -0.247. The molecule has 1 aliphatic heterocycles. The molecule has 2 heterocycles. The molecule has 1 aromatic carbocycles. The Labute approximate surface area is 136 Å². The van der Waals surface area contributed by atoms with E-state index in [1.165, 1.54) is 6.07 Å². The summed E-state index contributed by atoms with van der Waals surface area (Å²) in [6.45, 7) is 4.79. The second-order valence-electron chi connectivity index (χ2n) is 5.50. The van der Waals surface area contributed by atoms with E-state index in [9.17, 15) is 4.39 Å². The Morgan fingerprint density at radius 1 is 1.48 bits per heavy atom. The van der Waals surface area contributed by atoms with Crippen LogP contribution in [0.1, 0.15) is 43.9 Å². The topological polar surface area (TPSA) is 27.1 Å². The van der Waals surface area contributed by atoms with E-state index in [2.05, 4.69) is 32.4 Å². The zero-order valence-electron chi connectivity index (χ0n) is 11.9. The van der Waals surface area contributed by atoms with Crippen molar-refractivity contribution in [2.24, 2.45) is 0 Å². The molecule has 0 aliphatic carbocycles. The molecule has 3 atom stereocenters. The van der Waals surface area contributed by atoms with Gasteiger partial charge in [-0.3, -0.25) is 0 Å². The molecule has 0 bridgehead atoms. The molecular formula is C15H17BrClFN2O. The molecule has 3 unspecified atom stereocenters. The van der Waals surface area contributed by atoms with Crippen LogP contribution < -0.4 is 0 Å². The van der Waals surface area contributed by atoms with Crippen LogP contribution in [0.3, 0.4) is 0 Å². The average Bonchev–Trinajstić information content (AvgIpc) is 3.06. The number of alkyl halides is 1. The van der Waals surface area contributed by atoms with E-state index >= 15 is 0 Å². The van der Waals surface area contributed by atoms with Gasteiger partial charge in [-0.05, 0) is 48.7 Å². The molecule has 1 fully saturated rings. The zero-order chi connectivity index (χ0) is 15.1. The predicted octanol–water partition coefficient (Wildman–Crippen LogP) is 4.98. The minimum Gasteiger partial charge on any atom is -0.376 e. The number of hydrogen-bond acceptors (Lipinski definition) is 2. The van der Waals surface area contributed by atoms with Gasteiger partial charge in [0.05, 0.1) is 33.0 Å². The lowest BCUT2D eigenvalue weighted by molar-refractivity contribution is 0.0736. The van der Waals surface area contributed by atoms with Gasteiger partial charge in [-0.2, -0.15) is 0 Å². The number of fused-ring (bicyclic) bond motifs is 1. The molecule has 0 saturated carbocycles. The highest BCUT2D eigenvalue weighted by atomic mass is 79.9. The Kier molecular flexibility index (Phi) is 4.26. The maximum Gasteiger partial charge on any atom is 0.139 e. The SMILES string of the molecule is CC(Cl)c1nc2cc(F)c(Br)cc2n1C(C)C1CCCO1. The fourth-order valence-corrected chi connectivity index (χ4v) is 3.45. The second kappa shape index (κ2) is 5.86. The van der Waals surface area contributed by atoms with Gasteiger partial charge in [-0.15, -0.1) is 11.6 Å². The van der Waals surface area contributed by atoms with Crippen molar-refractivity contribution in [3.05, 3.63) is 28.2 Å². The summed E-state index contributed by atoms with van der Waals surface area (Å²) in [6, 6.07) is 3.33. The maximum atomic E-state index is 13.7. The number of benzene rings is 1. The van der Waals surface area contributed by atoms with Crippen molar-refractivity contribution >= 4 is 38.6 Å². The molecule has 0 N–H and O–H groups in total. The van der Waals surface area contributed by atoms with Crippen LogP contribution in [0.15, 0.2) is 16.6 Å². The van der Waals surface area contributed by atoms with Gasteiger partial charge in [-0.25, -0.2) is 9.37 Å². The Bertz CT molecular complexity index is 667. The Balaban J connectivity index is 2.17. The molecule has 0 radical (unpaired) electrons. The van der Waals surface area contributed by atoms with Crippen LogP contribution in [-0.2, 0) is 4.74 Å². The van der Waals surface area contributed by atoms with E-state index in [0.29, 0.717) is 9.99 Å². The minimum absolute atomic E-state index is 0.117. The van der Waals surface area contributed by atoms with Gasteiger partial charge in [-0.1, -0.05) is 0 Å². The summed E-state index contributed by atoms with van der Waals surface area (Å²) in [7, 11) is 0. The van der Waals surface area contributed by atoms with Crippen LogP contribution in [0.2, 0.25) is 0 Å². The molecule has 3 rings (SSSR count). The lowest BCUT2D eigenvalue weighted by Crippen LogP contribution is -2.22. The number of ether oxygens (including phenoxy) is 1. The Morgan fingerprint density at radius 2 is 2.24 bits per heavy atom. The third-order valence-electron chi connectivity index (χ3n) is 4.02. The van der Waals surface area contributed by atoms with Crippen molar-refractivity contribution in [1.82, 2.24) is 9.55 Å². The third-order valence-corrected chi connectivity index (χ3v) is 4.83. The predicted molar refractivity (Wildman–Crippen MR) is 85.3 cm³/mol. The Hall–Kier alpha value is -0.650. The van der Waals surface area contributed by atoms with E-state index in [4.69, 9.17) is 16.3 Å². The minimum atomic E-state index is -0.314. The molecule has 114 valence electrons. The average molecular weight is 376 g/mol. The summed E-state index contributed by atoms with van der Waals surface area (Å²) < 4.78 is 22.1. The summed E-state index contributed by atoms with van der Waals surface area (Å²) in [4.78, 5) is 4.52. The summed E-state index contributed by atoms with van der Waals surface area (Å²) in [5.74, 6) is 0.442. The number of hydrogen-bond donors (Lipinski definition) is 0. The lowest BCUT2D eigenvalue weighted by Gasteiger charge is -2.23.